The minimum Gasteiger partial charge on any atom is -0.345 e. The van der Waals surface area contributed by atoms with Gasteiger partial charge in [-0.15, -0.1) is 0 Å². The molecule has 3 amide bonds. The Morgan fingerprint density at radius 2 is 1.92 bits per heavy atom. The van der Waals surface area contributed by atoms with E-state index in [4.69, 9.17) is 0 Å². The highest BCUT2D eigenvalue weighted by Gasteiger charge is 2.21. The highest BCUT2D eigenvalue weighted by atomic mass is 79.9. The van der Waals surface area contributed by atoms with E-state index in [0.29, 0.717) is 12.1 Å². The van der Waals surface area contributed by atoms with Crippen LogP contribution in [-0.2, 0) is 23.1 Å². The van der Waals surface area contributed by atoms with E-state index in [1.807, 2.05) is 24.3 Å². The van der Waals surface area contributed by atoms with Crippen LogP contribution in [0.25, 0.3) is 0 Å². The molecule has 1 fully saturated rings. The molecule has 1 saturated heterocycles. The van der Waals surface area contributed by atoms with Crippen LogP contribution in [0.4, 0.5) is 5.69 Å². The van der Waals surface area contributed by atoms with Crippen molar-refractivity contribution in [2.24, 2.45) is 7.05 Å². The maximum Gasteiger partial charge on any atom is 0.286 e. The SMILES string of the molecule is Cn1cc(Br)cc1C(=O)NNC(=O)Cc1ccc(N2CCCC2=O)cc1. The second-order valence-electron chi connectivity index (χ2n) is 6.15. The number of carbonyl (C=O) groups excluding carboxylic acids is 3. The van der Waals surface area contributed by atoms with E-state index in [0.717, 1.165) is 28.7 Å². The van der Waals surface area contributed by atoms with Crippen molar-refractivity contribution in [2.45, 2.75) is 19.3 Å². The molecule has 2 N–H and O–H groups in total. The molecular formula is C18H19BrN4O3. The van der Waals surface area contributed by atoms with Crippen LogP contribution in [0, 0.1) is 0 Å². The maximum absolute atomic E-state index is 12.1. The maximum atomic E-state index is 12.1. The number of carbonyl (C=O) groups is 3. The standard InChI is InChI=1S/C18H19BrN4O3/c1-22-11-13(19)10-15(22)18(26)21-20-16(24)9-12-4-6-14(7-5-12)23-8-2-3-17(23)25/h4-7,10-11H,2-3,8-9H2,1H3,(H,20,24)(H,21,26). The summed E-state index contributed by atoms with van der Waals surface area (Å²) in [5.41, 5.74) is 6.89. The number of hydrogen-bond donors (Lipinski definition) is 2. The molecule has 0 bridgehead atoms. The average molecular weight is 419 g/mol. The summed E-state index contributed by atoms with van der Waals surface area (Å²) in [6, 6.07) is 8.98. The molecule has 0 unspecified atom stereocenters. The lowest BCUT2D eigenvalue weighted by atomic mass is 10.1. The Labute approximate surface area is 159 Å². The summed E-state index contributed by atoms with van der Waals surface area (Å²) in [5.74, 6) is -0.586. The van der Waals surface area contributed by atoms with Gasteiger partial charge >= 0.3 is 0 Å². The zero-order valence-corrected chi connectivity index (χ0v) is 15.9. The molecule has 1 aromatic carbocycles. The van der Waals surface area contributed by atoms with Gasteiger partial charge in [0.15, 0.2) is 0 Å². The van der Waals surface area contributed by atoms with Crippen LogP contribution in [0.1, 0.15) is 28.9 Å². The zero-order chi connectivity index (χ0) is 18.7. The first-order valence-electron chi connectivity index (χ1n) is 8.24. The number of halogens is 1. The lowest BCUT2D eigenvalue weighted by molar-refractivity contribution is -0.121. The van der Waals surface area contributed by atoms with Gasteiger partial charge in [-0.05, 0) is 46.1 Å². The summed E-state index contributed by atoms with van der Waals surface area (Å²) >= 11 is 3.30. The second kappa shape index (κ2) is 7.74. The van der Waals surface area contributed by atoms with E-state index in [1.54, 1.807) is 28.8 Å². The molecule has 2 aromatic rings. The molecule has 1 aromatic heterocycles. The molecule has 0 radical (unpaired) electrons. The summed E-state index contributed by atoms with van der Waals surface area (Å²) in [7, 11) is 1.74. The largest absolute Gasteiger partial charge is 0.345 e. The Hall–Kier alpha value is -2.61. The van der Waals surface area contributed by atoms with Gasteiger partial charge < -0.3 is 9.47 Å². The van der Waals surface area contributed by atoms with Crippen molar-refractivity contribution in [3.63, 3.8) is 0 Å². The predicted molar refractivity (Wildman–Crippen MR) is 100 cm³/mol. The number of nitrogens with one attached hydrogen (secondary N) is 2. The van der Waals surface area contributed by atoms with E-state index < -0.39 is 5.91 Å². The van der Waals surface area contributed by atoms with Gasteiger partial charge in [0, 0.05) is 36.4 Å². The topological polar surface area (TPSA) is 83.4 Å². The third kappa shape index (κ3) is 4.13. The molecule has 0 spiro atoms. The van der Waals surface area contributed by atoms with Crippen molar-refractivity contribution in [1.29, 1.82) is 0 Å². The molecule has 0 atom stereocenters. The third-order valence-electron chi connectivity index (χ3n) is 4.21. The molecule has 8 heteroatoms. The fourth-order valence-electron chi connectivity index (χ4n) is 2.88. The number of amides is 3. The monoisotopic (exact) mass is 418 g/mol. The molecule has 7 nitrogen and oxygen atoms in total. The number of anilines is 1. The number of rotatable bonds is 4. The number of nitrogens with zero attached hydrogens (tertiary/aromatic N) is 2. The molecule has 136 valence electrons. The van der Waals surface area contributed by atoms with Gasteiger partial charge in [0.25, 0.3) is 5.91 Å². The molecule has 3 rings (SSSR count). The Bertz CT molecular complexity index is 845. The molecule has 26 heavy (non-hydrogen) atoms. The summed E-state index contributed by atoms with van der Waals surface area (Å²) in [4.78, 5) is 37.6. The highest BCUT2D eigenvalue weighted by molar-refractivity contribution is 9.10. The summed E-state index contributed by atoms with van der Waals surface area (Å²) in [6.45, 7) is 0.736. The van der Waals surface area contributed by atoms with Gasteiger partial charge in [0.1, 0.15) is 5.69 Å². The van der Waals surface area contributed by atoms with E-state index in [2.05, 4.69) is 26.8 Å². The summed E-state index contributed by atoms with van der Waals surface area (Å²) in [5, 5.41) is 0. The van der Waals surface area contributed by atoms with Gasteiger partial charge in [-0.25, -0.2) is 0 Å². The minimum atomic E-state index is -0.394. The first kappa shape index (κ1) is 18.2. The zero-order valence-electron chi connectivity index (χ0n) is 14.3. The molecular weight excluding hydrogens is 400 g/mol. The number of benzene rings is 1. The van der Waals surface area contributed by atoms with E-state index in [9.17, 15) is 14.4 Å². The third-order valence-corrected chi connectivity index (χ3v) is 4.64. The van der Waals surface area contributed by atoms with Crippen molar-refractivity contribution >= 4 is 39.3 Å². The normalized spacial score (nSPS) is 13.8. The quantitative estimate of drug-likeness (QED) is 0.743. The van der Waals surface area contributed by atoms with Crippen LogP contribution in [0.3, 0.4) is 0 Å². The predicted octanol–water partition coefficient (Wildman–Crippen LogP) is 1.92. The van der Waals surface area contributed by atoms with Gasteiger partial charge in [-0.2, -0.15) is 0 Å². The van der Waals surface area contributed by atoms with Gasteiger partial charge in [0.2, 0.25) is 11.8 Å². The van der Waals surface area contributed by atoms with E-state index in [-0.39, 0.29) is 18.2 Å². The van der Waals surface area contributed by atoms with Gasteiger partial charge in [-0.1, -0.05) is 12.1 Å². The highest BCUT2D eigenvalue weighted by Crippen LogP contribution is 2.21. The minimum absolute atomic E-state index is 0.130. The Morgan fingerprint density at radius 1 is 1.19 bits per heavy atom. The van der Waals surface area contributed by atoms with Crippen LogP contribution in [-0.4, -0.2) is 28.8 Å². The Kier molecular flexibility index (Phi) is 5.41. The van der Waals surface area contributed by atoms with Crippen LogP contribution >= 0.6 is 15.9 Å². The first-order valence-corrected chi connectivity index (χ1v) is 9.03. The molecule has 0 saturated carbocycles. The number of aromatic nitrogens is 1. The van der Waals surface area contributed by atoms with Crippen molar-refractivity contribution < 1.29 is 14.4 Å². The lowest BCUT2D eigenvalue weighted by Crippen LogP contribution is -2.42. The summed E-state index contributed by atoms with van der Waals surface area (Å²) < 4.78 is 2.44. The number of hydrazine groups is 1. The molecule has 1 aliphatic rings. The Balaban J connectivity index is 1.52. The van der Waals surface area contributed by atoms with Gasteiger partial charge in [0.05, 0.1) is 6.42 Å². The fraction of sp³-hybridized carbons (Fsp3) is 0.278. The van der Waals surface area contributed by atoms with Crippen LogP contribution in [0.2, 0.25) is 0 Å². The van der Waals surface area contributed by atoms with Gasteiger partial charge in [-0.3, -0.25) is 25.2 Å². The number of hydrogen-bond acceptors (Lipinski definition) is 3. The van der Waals surface area contributed by atoms with Crippen molar-refractivity contribution in [3.05, 3.63) is 52.3 Å². The first-order chi connectivity index (χ1) is 12.4. The Morgan fingerprint density at radius 3 is 2.50 bits per heavy atom. The van der Waals surface area contributed by atoms with Crippen LogP contribution in [0.5, 0.6) is 0 Å². The average Bonchev–Trinajstić information content (AvgIpc) is 3.18. The summed E-state index contributed by atoms with van der Waals surface area (Å²) in [6.07, 6.45) is 3.34. The van der Waals surface area contributed by atoms with Crippen LogP contribution < -0.4 is 15.8 Å². The second-order valence-corrected chi connectivity index (χ2v) is 7.06. The number of aryl methyl sites for hydroxylation is 1. The van der Waals surface area contributed by atoms with Crippen molar-refractivity contribution in [2.75, 3.05) is 11.4 Å². The van der Waals surface area contributed by atoms with E-state index in [1.165, 1.54) is 0 Å². The smallest absolute Gasteiger partial charge is 0.286 e. The lowest BCUT2D eigenvalue weighted by Gasteiger charge is -2.16. The molecule has 0 aliphatic carbocycles. The van der Waals surface area contributed by atoms with Crippen LogP contribution in [0.15, 0.2) is 41.0 Å². The van der Waals surface area contributed by atoms with E-state index >= 15 is 0 Å². The van der Waals surface area contributed by atoms with Crippen molar-refractivity contribution in [3.8, 4) is 0 Å². The molecule has 2 heterocycles. The molecule has 1 aliphatic heterocycles. The fourth-order valence-corrected chi connectivity index (χ4v) is 3.41. The van der Waals surface area contributed by atoms with Crippen molar-refractivity contribution in [1.82, 2.24) is 15.4 Å².